The molecule has 0 saturated heterocycles. The van der Waals surface area contributed by atoms with Crippen molar-refractivity contribution in [3.05, 3.63) is 99.0 Å². The fourth-order valence-corrected chi connectivity index (χ4v) is 4.15. The second-order valence-corrected chi connectivity index (χ2v) is 9.64. The quantitative estimate of drug-likeness (QED) is 0.317. The Morgan fingerprint density at radius 1 is 1.03 bits per heavy atom. The number of nitrogens with zero attached hydrogens (tertiary/aromatic N) is 1. The van der Waals surface area contributed by atoms with Crippen molar-refractivity contribution in [1.82, 2.24) is 10.2 Å². The Balaban J connectivity index is 1.89. The summed E-state index contributed by atoms with van der Waals surface area (Å²) in [5, 5.41) is 3.54. The van der Waals surface area contributed by atoms with Gasteiger partial charge in [0, 0.05) is 29.0 Å². The lowest BCUT2D eigenvalue weighted by Crippen LogP contribution is -2.51. The molecule has 2 amide bonds. The molecule has 0 aliphatic rings. The van der Waals surface area contributed by atoms with Crippen LogP contribution in [0, 0.1) is 6.92 Å². The van der Waals surface area contributed by atoms with Gasteiger partial charge >= 0.3 is 0 Å². The zero-order chi connectivity index (χ0) is 25.2. The van der Waals surface area contributed by atoms with Crippen molar-refractivity contribution < 1.29 is 14.3 Å². The third-order valence-electron chi connectivity index (χ3n) is 5.55. The van der Waals surface area contributed by atoms with Crippen molar-refractivity contribution in [3.63, 3.8) is 0 Å². The molecule has 3 rings (SSSR count). The first-order chi connectivity index (χ1) is 16.9. The van der Waals surface area contributed by atoms with Gasteiger partial charge in [-0.25, -0.2) is 0 Å². The zero-order valence-electron chi connectivity index (χ0n) is 20.0. The van der Waals surface area contributed by atoms with Crippen LogP contribution in [0.2, 0.25) is 5.02 Å². The summed E-state index contributed by atoms with van der Waals surface area (Å²) in [7, 11) is 0. The molecule has 0 aliphatic carbocycles. The van der Waals surface area contributed by atoms with Crippen LogP contribution in [-0.4, -0.2) is 35.9 Å². The lowest BCUT2D eigenvalue weighted by atomic mass is 10.0. The van der Waals surface area contributed by atoms with Crippen LogP contribution in [0.1, 0.15) is 30.0 Å². The largest absolute Gasteiger partial charge is 0.484 e. The van der Waals surface area contributed by atoms with E-state index in [0.29, 0.717) is 23.7 Å². The van der Waals surface area contributed by atoms with Gasteiger partial charge < -0.3 is 15.0 Å². The highest BCUT2D eigenvalue weighted by Crippen LogP contribution is 2.22. The molecule has 184 valence electrons. The number of carbonyl (C=O) groups is 2. The predicted octanol–water partition coefficient (Wildman–Crippen LogP) is 5.96. The van der Waals surface area contributed by atoms with Crippen molar-refractivity contribution in [1.29, 1.82) is 0 Å². The van der Waals surface area contributed by atoms with Gasteiger partial charge in [0.1, 0.15) is 11.8 Å². The Labute approximate surface area is 220 Å². The van der Waals surface area contributed by atoms with Crippen LogP contribution in [0.5, 0.6) is 5.75 Å². The standard InChI is InChI=1S/C28H30BrClN2O3/c1-3-14-31-28(34)26(17-21-8-5-4-6-9-21)32(18-22-10-7-11-23(30)16-22)27(33)19-35-24-12-13-25(29)20(2)15-24/h4-13,15-16,26H,3,14,17-19H2,1-2H3,(H,31,34)/t26-/m0/s1. The van der Waals surface area contributed by atoms with E-state index < -0.39 is 6.04 Å². The van der Waals surface area contributed by atoms with E-state index in [-0.39, 0.29) is 25.0 Å². The maximum Gasteiger partial charge on any atom is 0.261 e. The van der Waals surface area contributed by atoms with Crippen molar-refractivity contribution in [2.24, 2.45) is 0 Å². The van der Waals surface area contributed by atoms with Gasteiger partial charge in [0.15, 0.2) is 6.61 Å². The van der Waals surface area contributed by atoms with E-state index in [1.165, 1.54) is 0 Å². The second-order valence-electron chi connectivity index (χ2n) is 8.35. The Kier molecular flexibility index (Phi) is 10.2. The molecule has 5 nitrogen and oxygen atoms in total. The number of amides is 2. The van der Waals surface area contributed by atoms with E-state index in [1.54, 1.807) is 17.0 Å². The van der Waals surface area contributed by atoms with Crippen molar-refractivity contribution in [2.45, 2.75) is 39.3 Å². The molecule has 7 heteroatoms. The monoisotopic (exact) mass is 556 g/mol. The third-order valence-corrected chi connectivity index (χ3v) is 6.68. The minimum absolute atomic E-state index is 0.187. The summed E-state index contributed by atoms with van der Waals surface area (Å²) in [6.07, 6.45) is 1.19. The van der Waals surface area contributed by atoms with Gasteiger partial charge in [-0.3, -0.25) is 9.59 Å². The molecule has 3 aromatic rings. The van der Waals surface area contributed by atoms with Crippen molar-refractivity contribution in [3.8, 4) is 5.75 Å². The van der Waals surface area contributed by atoms with E-state index in [1.807, 2.05) is 74.5 Å². The zero-order valence-corrected chi connectivity index (χ0v) is 22.3. The minimum atomic E-state index is -0.703. The van der Waals surface area contributed by atoms with E-state index in [4.69, 9.17) is 16.3 Å². The third kappa shape index (κ3) is 8.11. The van der Waals surface area contributed by atoms with Gasteiger partial charge in [-0.05, 0) is 60.4 Å². The number of ether oxygens (including phenoxy) is 1. The molecule has 0 heterocycles. The highest BCUT2D eigenvalue weighted by molar-refractivity contribution is 9.10. The smallest absolute Gasteiger partial charge is 0.261 e. The first-order valence-electron chi connectivity index (χ1n) is 11.6. The van der Waals surface area contributed by atoms with E-state index >= 15 is 0 Å². The van der Waals surface area contributed by atoms with Gasteiger partial charge in [-0.2, -0.15) is 0 Å². The highest BCUT2D eigenvalue weighted by Gasteiger charge is 2.30. The second kappa shape index (κ2) is 13.3. The number of rotatable bonds is 11. The molecule has 3 aromatic carbocycles. The van der Waals surface area contributed by atoms with Crippen LogP contribution >= 0.6 is 27.5 Å². The van der Waals surface area contributed by atoms with Gasteiger partial charge in [-0.15, -0.1) is 0 Å². The lowest BCUT2D eigenvalue weighted by Gasteiger charge is -2.31. The summed E-state index contributed by atoms with van der Waals surface area (Å²) in [6, 6.07) is 21.9. The number of halogens is 2. The number of nitrogens with one attached hydrogen (secondary N) is 1. The van der Waals surface area contributed by atoms with E-state index in [2.05, 4.69) is 21.2 Å². The first-order valence-corrected chi connectivity index (χ1v) is 12.8. The number of aryl methyl sites for hydroxylation is 1. The van der Waals surface area contributed by atoms with E-state index in [0.717, 1.165) is 27.6 Å². The fourth-order valence-electron chi connectivity index (χ4n) is 3.69. The fraction of sp³-hybridized carbons (Fsp3) is 0.286. The molecule has 0 unspecified atom stereocenters. The maximum atomic E-state index is 13.5. The molecule has 0 bridgehead atoms. The van der Waals surface area contributed by atoms with Crippen LogP contribution in [0.25, 0.3) is 0 Å². The molecular formula is C28H30BrClN2O3. The highest BCUT2D eigenvalue weighted by atomic mass is 79.9. The topological polar surface area (TPSA) is 58.6 Å². The van der Waals surface area contributed by atoms with Gasteiger partial charge in [0.05, 0.1) is 0 Å². The number of hydrogen-bond donors (Lipinski definition) is 1. The average molecular weight is 558 g/mol. The summed E-state index contributed by atoms with van der Waals surface area (Å²) in [6.45, 7) is 4.54. The first kappa shape index (κ1) is 26.8. The minimum Gasteiger partial charge on any atom is -0.484 e. The Morgan fingerprint density at radius 3 is 2.46 bits per heavy atom. The summed E-state index contributed by atoms with van der Waals surface area (Å²) < 4.78 is 6.80. The van der Waals surface area contributed by atoms with Gasteiger partial charge in [0.25, 0.3) is 5.91 Å². The number of benzene rings is 3. The average Bonchev–Trinajstić information content (AvgIpc) is 2.86. The predicted molar refractivity (Wildman–Crippen MR) is 144 cm³/mol. The number of hydrogen-bond acceptors (Lipinski definition) is 3. The lowest BCUT2D eigenvalue weighted by molar-refractivity contribution is -0.142. The molecule has 35 heavy (non-hydrogen) atoms. The van der Waals surface area contributed by atoms with Crippen LogP contribution < -0.4 is 10.1 Å². The number of carbonyl (C=O) groups excluding carboxylic acids is 2. The summed E-state index contributed by atoms with van der Waals surface area (Å²) in [5.41, 5.74) is 2.82. The molecular weight excluding hydrogens is 528 g/mol. The molecule has 1 N–H and O–H groups in total. The van der Waals surface area contributed by atoms with Crippen molar-refractivity contribution >= 4 is 39.3 Å². The molecule has 0 aromatic heterocycles. The summed E-state index contributed by atoms with van der Waals surface area (Å²) in [5.74, 6) is 0.125. The Bertz CT molecular complexity index is 1140. The molecule has 0 radical (unpaired) electrons. The molecule has 0 fully saturated rings. The summed E-state index contributed by atoms with van der Waals surface area (Å²) >= 11 is 9.68. The molecule has 0 spiro atoms. The Morgan fingerprint density at radius 2 is 1.77 bits per heavy atom. The Hall–Kier alpha value is -2.83. The maximum absolute atomic E-state index is 13.5. The SMILES string of the molecule is CCCNC(=O)[C@H](Cc1ccccc1)N(Cc1cccc(Cl)c1)C(=O)COc1ccc(Br)c(C)c1. The molecule has 0 saturated carbocycles. The summed E-state index contributed by atoms with van der Waals surface area (Å²) in [4.78, 5) is 28.4. The van der Waals surface area contributed by atoms with Gasteiger partial charge in [-0.1, -0.05) is 76.9 Å². The molecule has 1 atom stereocenters. The van der Waals surface area contributed by atoms with Crippen LogP contribution in [0.4, 0.5) is 0 Å². The van der Waals surface area contributed by atoms with Gasteiger partial charge in [0.2, 0.25) is 5.91 Å². The van der Waals surface area contributed by atoms with Crippen LogP contribution in [0.15, 0.2) is 77.3 Å². The molecule has 0 aliphatic heterocycles. The normalized spacial score (nSPS) is 11.5. The van der Waals surface area contributed by atoms with Crippen LogP contribution in [0.3, 0.4) is 0 Å². The van der Waals surface area contributed by atoms with Crippen LogP contribution in [-0.2, 0) is 22.6 Å². The van der Waals surface area contributed by atoms with Crippen molar-refractivity contribution in [2.75, 3.05) is 13.2 Å². The van der Waals surface area contributed by atoms with E-state index in [9.17, 15) is 9.59 Å².